The molecule has 1 aromatic carbocycles. The Bertz CT molecular complexity index is 948. The van der Waals surface area contributed by atoms with Gasteiger partial charge in [-0.2, -0.15) is 0 Å². The van der Waals surface area contributed by atoms with Crippen molar-refractivity contribution in [1.29, 1.82) is 0 Å². The first-order valence-corrected chi connectivity index (χ1v) is 7.99. The van der Waals surface area contributed by atoms with E-state index < -0.39 is 18.5 Å². The van der Waals surface area contributed by atoms with Crippen LogP contribution in [0.4, 0.5) is 5.82 Å². The number of carbonyl (C=O) groups excluding carboxylic acids is 2. The van der Waals surface area contributed by atoms with E-state index in [9.17, 15) is 9.59 Å². The van der Waals surface area contributed by atoms with Crippen LogP contribution in [0.1, 0.15) is 21.6 Å². The van der Waals surface area contributed by atoms with Gasteiger partial charge in [-0.25, -0.2) is 9.78 Å². The number of halogens is 1. The van der Waals surface area contributed by atoms with Gasteiger partial charge in [-0.1, -0.05) is 11.6 Å². The zero-order valence-corrected chi connectivity index (χ0v) is 14.5. The number of amides is 1. The molecule has 1 amide bonds. The summed E-state index contributed by atoms with van der Waals surface area (Å²) < 4.78 is 5.07. The lowest BCUT2D eigenvalue weighted by atomic mass is 10.1. The fraction of sp³-hybridized carbons (Fsp3) is 0.167. The lowest BCUT2D eigenvalue weighted by molar-refractivity contribution is -0.119. The molecule has 0 saturated carbocycles. The van der Waals surface area contributed by atoms with Crippen LogP contribution in [-0.2, 0) is 9.53 Å². The summed E-state index contributed by atoms with van der Waals surface area (Å²) in [6, 6.07) is 8.41. The number of ether oxygens (including phenoxy) is 1. The zero-order valence-electron chi connectivity index (χ0n) is 13.7. The average Bonchev–Trinajstić information content (AvgIpc) is 2.89. The van der Waals surface area contributed by atoms with Crippen molar-refractivity contribution in [3.63, 3.8) is 0 Å². The molecule has 0 radical (unpaired) electrons. The van der Waals surface area contributed by atoms with Crippen molar-refractivity contribution in [2.24, 2.45) is 0 Å². The van der Waals surface area contributed by atoms with Crippen LogP contribution in [0.25, 0.3) is 10.9 Å². The molecule has 0 unspecified atom stereocenters. The summed E-state index contributed by atoms with van der Waals surface area (Å²) in [5.41, 5.74) is 3.48. The molecule has 0 spiro atoms. The molecular formula is C18H16ClN3O3. The molecule has 0 aliphatic carbocycles. The maximum Gasteiger partial charge on any atom is 0.338 e. The van der Waals surface area contributed by atoms with Crippen LogP contribution in [-0.4, -0.2) is 28.5 Å². The van der Waals surface area contributed by atoms with Crippen molar-refractivity contribution in [2.45, 2.75) is 13.8 Å². The van der Waals surface area contributed by atoms with Crippen LogP contribution in [0, 0.1) is 13.8 Å². The molecule has 2 aromatic heterocycles. The normalized spacial score (nSPS) is 10.7. The van der Waals surface area contributed by atoms with Crippen LogP contribution in [0.15, 0.2) is 36.5 Å². The third kappa shape index (κ3) is 3.80. The molecule has 25 heavy (non-hydrogen) atoms. The Kier molecular flexibility index (Phi) is 4.72. The Hall–Kier alpha value is -2.86. The number of pyridine rings is 1. The second kappa shape index (κ2) is 6.94. The summed E-state index contributed by atoms with van der Waals surface area (Å²) in [5, 5.41) is 3.95. The van der Waals surface area contributed by atoms with Gasteiger partial charge in [-0.3, -0.25) is 4.79 Å². The Morgan fingerprint density at radius 3 is 2.76 bits per heavy atom. The minimum absolute atomic E-state index is 0.338. The first kappa shape index (κ1) is 17.0. The van der Waals surface area contributed by atoms with Gasteiger partial charge in [0.25, 0.3) is 5.91 Å². The number of hydrogen-bond acceptors (Lipinski definition) is 4. The largest absolute Gasteiger partial charge is 0.452 e. The third-order valence-corrected chi connectivity index (χ3v) is 4.10. The summed E-state index contributed by atoms with van der Waals surface area (Å²) in [6.07, 6.45) is 1.42. The van der Waals surface area contributed by atoms with Gasteiger partial charge in [0.05, 0.1) is 10.6 Å². The molecule has 0 atom stereocenters. The minimum Gasteiger partial charge on any atom is -0.452 e. The Morgan fingerprint density at radius 1 is 1.24 bits per heavy atom. The van der Waals surface area contributed by atoms with E-state index in [1.165, 1.54) is 6.20 Å². The van der Waals surface area contributed by atoms with E-state index in [0.717, 1.165) is 22.2 Å². The van der Waals surface area contributed by atoms with E-state index in [1.807, 2.05) is 19.9 Å². The molecule has 3 rings (SSSR count). The molecule has 2 N–H and O–H groups in total. The van der Waals surface area contributed by atoms with E-state index in [-0.39, 0.29) is 0 Å². The second-order valence-corrected chi connectivity index (χ2v) is 6.06. The van der Waals surface area contributed by atoms with Crippen LogP contribution >= 0.6 is 11.6 Å². The number of esters is 1. The number of aromatic nitrogens is 2. The van der Waals surface area contributed by atoms with Gasteiger partial charge in [0, 0.05) is 22.8 Å². The van der Waals surface area contributed by atoms with Gasteiger partial charge >= 0.3 is 5.97 Å². The Labute approximate surface area is 149 Å². The van der Waals surface area contributed by atoms with E-state index in [0.29, 0.717) is 16.4 Å². The van der Waals surface area contributed by atoms with Crippen molar-refractivity contribution in [3.05, 3.63) is 58.4 Å². The number of rotatable bonds is 4. The number of H-pyrrole nitrogens is 1. The fourth-order valence-electron chi connectivity index (χ4n) is 2.43. The van der Waals surface area contributed by atoms with Crippen LogP contribution in [0.5, 0.6) is 0 Å². The predicted molar refractivity (Wildman–Crippen MR) is 95.9 cm³/mol. The number of nitrogens with zero attached hydrogens (tertiary/aromatic N) is 1. The number of aryl methyl sites for hydroxylation is 2. The zero-order chi connectivity index (χ0) is 18.0. The van der Waals surface area contributed by atoms with E-state index >= 15 is 0 Å². The molecule has 128 valence electrons. The quantitative estimate of drug-likeness (QED) is 0.698. The molecule has 0 saturated heterocycles. The van der Waals surface area contributed by atoms with Crippen molar-refractivity contribution in [2.75, 3.05) is 11.9 Å². The summed E-state index contributed by atoms with van der Waals surface area (Å²) in [6.45, 7) is 3.56. The van der Waals surface area contributed by atoms with E-state index in [2.05, 4.69) is 15.3 Å². The lowest BCUT2D eigenvalue weighted by Crippen LogP contribution is -2.21. The molecule has 0 fully saturated rings. The number of hydrogen-bond donors (Lipinski definition) is 2. The topological polar surface area (TPSA) is 84.1 Å². The summed E-state index contributed by atoms with van der Waals surface area (Å²) in [5.74, 6) is -0.692. The van der Waals surface area contributed by atoms with Crippen molar-refractivity contribution >= 4 is 40.2 Å². The van der Waals surface area contributed by atoms with Crippen molar-refractivity contribution in [3.8, 4) is 0 Å². The number of anilines is 1. The number of aromatic amines is 1. The van der Waals surface area contributed by atoms with Crippen molar-refractivity contribution in [1.82, 2.24) is 9.97 Å². The number of benzene rings is 1. The maximum atomic E-state index is 12.2. The maximum absolute atomic E-state index is 12.2. The Balaban J connectivity index is 1.63. The highest BCUT2D eigenvalue weighted by Crippen LogP contribution is 2.22. The SMILES string of the molecule is Cc1[nH]c2ccc(C(=O)OCC(=O)Nc3ccc(Cl)cn3)cc2c1C. The number of carbonyl (C=O) groups is 2. The second-order valence-electron chi connectivity index (χ2n) is 5.62. The van der Waals surface area contributed by atoms with Crippen LogP contribution in [0.2, 0.25) is 5.02 Å². The summed E-state index contributed by atoms with van der Waals surface area (Å²) in [4.78, 5) is 31.2. The minimum atomic E-state index is -0.556. The molecular weight excluding hydrogens is 342 g/mol. The molecule has 7 heteroatoms. The smallest absolute Gasteiger partial charge is 0.338 e. The molecule has 0 aliphatic heterocycles. The fourth-order valence-corrected chi connectivity index (χ4v) is 2.54. The van der Waals surface area contributed by atoms with Gasteiger partial charge in [-0.15, -0.1) is 0 Å². The lowest BCUT2D eigenvalue weighted by Gasteiger charge is -2.06. The van der Waals surface area contributed by atoms with Gasteiger partial charge in [0.1, 0.15) is 5.82 Å². The average molecular weight is 358 g/mol. The molecule has 0 bridgehead atoms. The predicted octanol–water partition coefficient (Wildman–Crippen LogP) is 3.63. The highest BCUT2D eigenvalue weighted by Gasteiger charge is 2.13. The molecule has 6 nitrogen and oxygen atoms in total. The molecule has 3 aromatic rings. The van der Waals surface area contributed by atoms with Gasteiger partial charge in [0.2, 0.25) is 0 Å². The van der Waals surface area contributed by atoms with Crippen LogP contribution in [0.3, 0.4) is 0 Å². The van der Waals surface area contributed by atoms with Gasteiger partial charge in [-0.05, 0) is 49.7 Å². The molecule has 2 heterocycles. The van der Waals surface area contributed by atoms with Gasteiger partial charge < -0.3 is 15.0 Å². The van der Waals surface area contributed by atoms with Gasteiger partial charge in [0.15, 0.2) is 6.61 Å². The number of nitrogens with one attached hydrogen (secondary N) is 2. The Morgan fingerprint density at radius 2 is 2.04 bits per heavy atom. The third-order valence-electron chi connectivity index (χ3n) is 3.87. The van der Waals surface area contributed by atoms with Crippen molar-refractivity contribution < 1.29 is 14.3 Å². The monoisotopic (exact) mass is 357 g/mol. The number of fused-ring (bicyclic) bond motifs is 1. The van der Waals surface area contributed by atoms with E-state index in [4.69, 9.17) is 16.3 Å². The molecule has 0 aliphatic rings. The highest BCUT2D eigenvalue weighted by molar-refractivity contribution is 6.30. The summed E-state index contributed by atoms with van der Waals surface area (Å²) in [7, 11) is 0. The van der Waals surface area contributed by atoms with E-state index in [1.54, 1.807) is 24.3 Å². The van der Waals surface area contributed by atoms with Crippen LogP contribution < -0.4 is 5.32 Å². The summed E-state index contributed by atoms with van der Waals surface area (Å²) >= 11 is 5.73. The first-order chi connectivity index (χ1) is 11.9. The standard InChI is InChI=1S/C18H16ClN3O3/c1-10-11(2)21-15-5-3-12(7-14(10)15)18(24)25-9-17(23)22-16-6-4-13(19)8-20-16/h3-8,21H,9H2,1-2H3,(H,20,22,23). The first-order valence-electron chi connectivity index (χ1n) is 7.61. The highest BCUT2D eigenvalue weighted by atomic mass is 35.5.